The summed E-state index contributed by atoms with van der Waals surface area (Å²) < 4.78 is 0. The molecule has 2 atom stereocenters. The van der Waals surface area contributed by atoms with Crippen LogP contribution in [0.4, 0.5) is 0 Å². The molecule has 3 saturated heterocycles. The molecule has 3 nitrogen and oxygen atoms in total. The van der Waals surface area contributed by atoms with E-state index in [9.17, 15) is 0 Å². The van der Waals surface area contributed by atoms with Crippen molar-refractivity contribution in [1.29, 1.82) is 0 Å². The molecule has 3 rings (SSSR count). The summed E-state index contributed by atoms with van der Waals surface area (Å²) in [6, 6.07) is 0.867. The first kappa shape index (κ1) is 14.8. The van der Waals surface area contributed by atoms with Crippen molar-refractivity contribution >= 4 is 0 Å². The number of nitrogens with zero attached hydrogens (tertiary/aromatic N) is 3. The molecule has 116 valence electrons. The van der Waals surface area contributed by atoms with Crippen LogP contribution in [0.5, 0.6) is 0 Å². The smallest absolute Gasteiger partial charge is 0.0223 e. The molecule has 3 aliphatic heterocycles. The topological polar surface area (TPSA) is 9.72 Å². The third kappa shape index (κ3) is 3.96. The van der Waals surface area contributed by atoms with Gasteiger partial charge in [0.15, 0.2) is 0 Å². The fourth-order valence-electron chi connectivity index (χ4n) is 4.41. The third-order valence-electron chi connectivity index (χ3n) is 5.61. The maximum atomic E-state index is 2.76. The lowest BCUT2D eigenvalue weighted by molar-refractivity contribution is 0.0958. The van der Waals surface area contributed by atoms with Crippen LogP contribution in [0.25, 0.3) is 0 Å². The number of piperidine rings is 2. The maximum absolute atomic E-state index is 2.76. The summed E-state index contributed by atoms with van der Waals surface area (Å²) in [5, 5.41) is 0. The van der Waals surface area contributed by atoms with Crippen molar-refractivity contribution in [2.75, 3.05) is 52.4 Å². The summed E-state index contributed by atoms with van der Waals surface area (Å²) in [5.74, 6) is 0.919. The van der Waals surface area contributed by atoms with Crippen LogP contribution in [0, 0.1) is 5.92 Å². The van der Waals surface area contributed by atoms with Gasteiger partial charge in [-0.1, -0.05) is 6.92 Å². The minimum absolute atomic E-state index is 0.867. The van der Waals surface area contributed by atoms with Gasteiger partial charge in [-0.2, -0.15) is 0 Å². The van der Waals surface area contributed by atoms with Crippen LogP contribution < -0.4 is 0 Å². The Morgan fingerprint density at radius 3 is 2.10 bits per heavy atom. The van der Waals surface area contributed by atoms with Gasteiger partial charge < -0.3 is 9.80 Å². The first-order chi connectivity index (χ1) is 9.81. The Labute approximate surface area is 125 Å². The highest BCUT2D eigenvalue weighted by Crippen LogP contribution is 2.21. The Hall–Kier alpha value is -0.120. The van der Waals surface area contributed by atoms with Gasteiger partial charge in [-0.25, -0.2) is 0 Å². The first-order valence-electron chi connectivity index (χ1n) is 9.00. The third-order valence-corrected chi connectivity index (χ3v) is 5.61. The second kappa shape index (κ2) is 7.24. The van der Waals surface area contributed by atoms with Crippen LogP contribution in [-0.2, 0) is 0 Å². The molecular formula is C17H33N3. The second-order valence-corrected chi connectivity index (χ2v) is 7.39. The highest BCUT2D eigenvalue weighted by atomic mass is 15.3. The molecule has 0 unspecified atom stereocenters. The quantitative estimate of drug-likeness (QED) is 0.782. The van der Waals surface area contributed by atoms with Crippen LogP contribution in [0.1, 0.15) is 45.4 Å². The van der Waals surface area contributed by atoms with E-state index >= 15 is 0 Å². The van der Waals surface area contributed by atoms with Gasteiger partial charge in [0.05, 0.1) is 0 Å². The number of likely N-dealkylation sites (tertiary alicyclic amines) is 3. The molecule has 0 radical (unpaired) electrons. The normalized spacial score (nSPS) is 34.6. The van der Waals surface area contributed by atoms with Crippen LogP contribution in [0.3, 0.4) is 0 Å². The van der Waals surface area contributed by atoms with Crippen molar-refractivity contribution in [3.8, 4) is 0 Å². The van der Waals surface area contributed by atoms with Gasteiger partial charge in [0.1, 0.15) is 0 Å². The molecule has 0 bridgehead atoms. The van der Waals surface area contributed by atoms with E-state index in [2.05, 4.69) is 21.6 Å². The monoisotopic (exact) mass is 279 g/mol. The average molecular weight is 279 g/mol. The summed E-state index contributed by atoms with van der Waals surface area (Å²) in [6.45, 7) is 13.1. The minimum Gasteiger partial charge on any atom is -0.302 e. The van der Waals surface area contributed by atoms with E-state index in [1.54, 1.807) is 0 Å². The van der Waals surface area contributed by atoms with E-state index in [0.717, 1.165) is 12.0 Å². The van der Waals surface area contributed by atoms with Crippen molar-refractivity contribution in [3.05, 3.63) is 0 Å². The van der Waals surface area contributed by atoms with Crippen LogP contribution in [-0.4, -0.2) is 73.1 Å². The van der Waals surface area contributed by atoms with Crippen molar-refractivity contribution < 1.29 is 0 Å². The van der Waals surface area contributed by atoms with Gasteiger partial charge in [0, 0.05) is 32.2 Å². The predicted molar refractivity (Wildman–Crippen MR) is 85.1 cm³/mol. The predicted octanol–water partition coefficient (Wildman–Crippen LogP) is 2.28. The molecule has 3 aliphatic rings. The van der Waals surface area contributed by atoms with E-state index in [4.69, 9.17) is 0 Å². The molecular weight excluding hydrogens is 246 g/mol. The van der Waals surface area contributed by atoms with Crippen molar-refractivity contribution in [1.82, 2.24) is 14.7 Å². The van der Waals surface area contributed by atoms with Gasteiger partial charge in [-0.05, 0) is 70.6 Å². The zero-order chi connectivity index (χ0) is 13.8. The van der Waals surface area contributed by atoms with Gasteiger partial charge in [-0.15, -0.1) is 0 Å². The van der Waals surface area contributed by atoms with Gasteiger partial charge in [0.2, 0.25) is 0 Å². The number of rotatable bonds is 4. The lowest BCUT2D eigenvalue weighted by atomic mass is 10.0. The van der Waals surface area contributed by atoms with Gasteiger partial charge in [-0.3, -0.25) is 4.90 Å². The molecule has 3 heterocycles. The molecule has 0 aromatic carbocycles. The second-order valence-electron chi connectivity index (χ2n) is 7.39. The first-order valence-corrected chi connectivity index (χ1v) is 9.00. The number of hydrogen-bond acceptors (Lipinski definition) is 3. The molecule has 3 fully saturated rings. The van der Waals surface area contributed by atoms with Crippen LogP contribution in [0.15, 0.2) is 0 Å². The number of hydrogen-bond donors (Lipinski definition) is 0. The summed E-state index contributed by atoms with van der Waals surface area (Å²) in [7, 11) is 0. The average Bonchev–Trinajstić information content (AvgIpc) is 3.00. The minimum atomic E-state index is 0.867. The zero-order valence-electron chi connectivity index (χ0n) is 13.4. The van der Waals surface area contributed by atoms with Crippen LogP contribution in [0.2, 0.25) is 0 Å². The van der Waals surface area contributed by atoms with Crippen LogP contribution >= 0.6 is 0 Å². The summed E-state index contributed by atoms with van der Waals surface area (Å²) in [4.78, 5) is 8.20. The molecule has 3 heteroatoms. The highest BCUT2D eigenvalue weighted by molar-refractivity contribution is 4.84. The largest absolute Gasteiger partial charge is 0.302 e. The standard InChI is InChI=1S/C17H33N3/c1-16-6-4-8-18(14-16)12-13-19-9-5-7-17(15-19)20-10-2-3-11-20/h16-17H,2-15H2,1H3/t16-,17-/m0/s1. The van der Waals surface area contributed by atoms with Crippen molar-refractivity contribution in [2.24, 2.45) is 5.92 Å². The van der Waals surface area contributed by atoms with Crippen molar-refractivity contribution in [3.63, 3.8) is 0 Å². The Morgan fingerprint density at radius 1 is 0.750 bits per heavy atom. The van der Waals surface area contributed by atoms with Crippen molar-refractivity contribution in [2.45, 2.75) is 51.5 Å². The molecule has 0 aromatic heterocycles. The Kier molecular flexibility index (Phi) is 5.36. The molecule has 0 amide bonds. The highest BCUT2D eigenvalue weighted by Gasteiger charge is 2.27. The van der Waals surface area contributed by atoms with Gasteiger partial charge >= 0.3 is 0 Å². The Morgan fingerprint density at radius 2 is 1.40 bits per heavy atom. The summed E-state index contributed by atoms with van der Waals surface area (Å²) in [6.07, 6.45) is 8.58. The Bertz CT molecular complexity index is 288. The lowest BCUT2D eigenvalue weighted by Gasteiger charge is -2.39. The molecule has 0 spiro atoms. The fourth-order valence-corrected chi connectivity index (χ4v) is 4.41. The molecule has 0 N–H and O–H groups in total. The summed E-state index contributed by atoms with van der Waals surface area (Å²) >= 11 is 0. The fraction of sp³-hybridized carbons (Fsp3) is 1.00. The van der Waals surface area contributed by atoms with E-state index < -0.39 is 0 Å². The Balaban J connectivity index is 1.40. The molecule has 0 aromatic rings. The molecule has 20 heavy (non-hydrogen) atoms. The summed E-state index contributed by atoms with van der Waals surface area (Å²) in [5.41, 5.74) is 0. The SMILES string of the molecule is C[C@H]1CCCN(CCN2CCC[C@H](N3CCCC3)C2)C1. The van der Waals surface area contributed by atoms with E-state index in [0.29, 0.717) is 0 Å². The van der Waals surface area contributed by atoms with E-state index in [-0.39, 0.29) is 0 Å². The maximum Gasteiger partial charge on any atom is 0.0223 e. The van der Waals surface area contributed by atoms with E-state index in [1.165, 1.54) is 90.9 Å². The molecule has 0 saturated carbocycles. The van der Waals surface area contributed by atoms with Gasteiger partial charge in [0.25, 0.3) is 0 Å². The molecule has 0 aliphatic carbocycles. The van der Waals surface area contributed by atoms with E-state index in [1.807, 2.05) is 0 Å². The zero-order valence-corrected chi connectivity index (χ0v) is 13.4. The lowest BCUT2D eigenvalue weighted by Crippen LogP contribution is -2.49.